The van der Waals surface area contributed by atoms with Crippen molar-refractivity contribution in [3.63, 3.8) is 0 Å². The lowest BCUT2D eigenvalue weighted by atomic mass is 9.77. The number of piperidine rings is 1. The molecule has 4 rings (SSSR count). The molecule has 0 bridgehead atoms. The molecule has 1 fully saturated rings. The lowest BCUT2D eigenvalue weighted by molar-refractivity contribution is 0.288. The molecule has 3 heteroatoms. The lowest BCUT2D eigenvalue weighted by Gasteiger charge is -2.39. The molecule has 3 atom stereocenters. The van der Waals surface area contributed by atoms with E-state index in [1.54, 1.807) is 0 Å². The molecule has 3 aromatic carbocycles. The molecule has 1 aliphatic rings. The third-order valence-corrected chi connectivity index (χ3v) is 5.41. The molecule has 1 saturated heterocycles. The summed E-state index contributed by atoms with van der Waals surface area (Å²) in [5, 5.41) is 17.4. The largest absolute Gasteiger partial charge is 0.411 e. The molecule has 136 valence electrons. The SMILES string of the molecule is O/N=C1/C[C@@H](c2ccccc2)N[C@@H](c2ccccc2)[C@@H]1Cc1ccccc1. The van der Waals surface area contributed by atoms with Crippen molar-refractivity contribution >= 4 is 5.71 Å². The van der Waals surface area contributed by atoms with Gasteiger partial charge in [-0.3, -0.25) is 0 Å². The summed E-state index contributed by atoms with van der Waals surface area (Å²) in [7, 11) is 0. The Morgan fingerprint density at radius 1 is 0.778 bits per heavy atom. The van der Waals surface area contributed by atoms with Gasteiger partial charge in [0.25, 0.3) is 0 Å². The molecule has 0 radical (unpaired) electrons. The zero-order chi connectivity index (χ0) is 18.5. The number of hydrogen-bond acceptors (Lipinski definition) is 3. The number of nitrogens with zero attached hydrogens (tertiary/aromatic N) is 1. The first-order chi connectivity index (χ1) is 13.3. The third kappa shape index (κ3) is 3.93. The fraction of sp³-hybridized carbons (Fsp3) is 0.208. The Hall–Kier alpha value is -2.91. The predicted molar refractivity (Wildman–Crippen MR) is 109 cm³/mol. The standard InChI is InChI=1S/C24H24N2O/c27-26-23-17-22(19-12-6-2-7-13-19)25-24(20-14-8-3-9-15-20)21(23)16-18-10-4-1-5-11-18/h1-15,21-22,24-25,27H,16-17H2/b26-23-/t21-,22+,24+/m1/s1. The zero-order valence-electron chi connectivity index (χ0n) is 15.2. The van der Waals surface area contributed by atoms with Crippen LogP contribution in [0.25, 0.3) is 0 Å². The molecule has 0 amide bonds. The quantitative estimate of drug-likeness (QED) is 0.501. The molecule has 0 saturated carbocycles. The van der Waals surface area contributed by atoms with Gasteiger partial charge in [0.15, 0.2) is 0 Å². The first kappa shape index (κ1) is 17.5. The summed E-state index contributed by atoms with van der Waals surface area (Å²) in [5.41, 5.74) is 4.56. The number of hydrogen-bond donors (Lipinski definition) is 2. The maximum atomic E-state index is 9.83. The molecule has 0 aromatic heterocycles. The van der Waals surface area contributed by atoms with Crippen molar-refractivity contribution in [2.45, 2.75) is 24.9 Å². The maximum absolute atomic E-state index is 9.83. The molecule has 0 unspecified atom stereocenters. The smallest absolute Gasteiger partial charge is 0.0642 e. The van der Waals surface area contributed by atoms with Gasteiger partial charge in [-0.15, -0.1) is 0 Å². The van der Waals surface area contributed by atoms with E-state index in [0.717, 1.165) is 12.1 Å². The van der Waals surface area contributed by atoms with E-state index in [2.05, 4.69) is 83.3 Å². The van der Waals surface area contributed by atoms with Crippen molar-refractivity contribution in [2.75, 3.05) is 0 Å². The van der Waals surface area contributed by atoms with E-state index < -0.39 is 0 Å². The van der Waals surface area contributed by atoms with E-state index in [1.165, 1.54) is 16.7 Å². The summed E-state index contributed by atoms with van der Waals surface area (Å²) in [6, 6.07) is 31.5. The maximum Gasteiger partial charge on any atom is 0.0642 e. The van der Waals surface area contributed by atoms with Gasteiger partial charge in [-0.2, -0.15) is 0 Å². The fourth-order valence-corrected chi connectivity index (χ4v) is 4.05. The molecular formula is C24H24N2O. The molecule has 3 aromatic rings. The highest BCUT2D eigenvalue weighted by molar-refractivity contribution is 5.89. The average molecular weight is 356 g/mol. The highest BCUT2D eigenvalue weighted by atomic mass is 16.4. The third-order valence-electron chi connectivity index (χ3n) is 5.41. The van der Waals surface area contributed by atoms with Crippen molar-refractivity contribution in [3.8, 4) is 0 Å². The van der Waals surface area contributed by atoms with Crippen LogP contribution >= 0.6 is 0 Å². The van der Waals surface area contributed by atoms with Crippen LogP contribution in [-0.4, -0.2) is 10.9 Å². The summed E-state index contributed by atoms with van der Waals surface area (Å²) in [5.74, 6) is 0.111. The van der Waals surface area contributed by atoms with Gasteiger partial charge in [0, 0.05) is 24.4 Å². The Balaban J connectivity index is 1.70. The second-order valence-corrected chi connectivity index (χ2v) is 7.11. The Bertz CT molecular complexity index is 878. The van der Waals surface area contributed by atoms with Crippen LogP contribution in [0.15, 0.2) is 96.2 Å². The number of rotatable bonds is 4. The highest BCUT2D eigenvalue weighted by Crippen LogP contribution is 2.37. The van der Waals surface area contributed by atoms with E-state index >= 15 is 0 Å². The number of benzene rings is 3. The molecule has 1 heterocycles. The van der Waals surface area contributed by atoms with Gasteiger partial charge in [-0.05, 0) is 23.1 Å². The van der Waals surface area contributed by atoms with Crippen molar-refractivity contribution in [1.29, 1.82) is 0 Å². The molecule has 0 aliphatic carbocycles. The average Bonchev–Trinajstić information content (AvgIpc) is 2.76. The van der Waals surface area contributed by atoms with E-state index in [0.29, 0.717) is 6.42 Å². The molecule has 0 spiro atoms. The molecule has 3 nitrogen and oxygen atoms in total. The topological polar surface area (TPSA) is 44.6 Å². The van der Waals surface area contributed by atoms with Gasteiger partial charge in [0.1, 0.15) is 0 Å². The summed E-state index contributed by atoms with van der Waals surface area (Å²) < 4.78 is 0. The van der Waals surface area contributed by atoms with Gasteiger partial charge in [-0.25, -0.2) is 0 Å². The zero-order valence-corrected chi connectivity index (χ0v) is 15.2. The predicted octanol–water partition coefficient (Wildman–Crippen LogP) is 5.15. The Morgan fingerprint density at radius 2 is 1.33 bits per heavy atom. The van der Waals surface area contributed by atoms with Crippen molar-refractivity contribution < 1.29 is 5.21 Å². The van der Waals surface area contributed by atoms with Crippen molar-refractivity contribution in [3.05, 3.63) is 108 Å². The van der Waals surface area contributed by atoms with Gasteiger partial charge in [-0.1, -0.05) is 96.2 Å². The second-order valence-electron chi connectivity index (χ2n) is 7.11. The van der Waals surface area contributed by atoms with Crippen molar-refractivity contribution in [2.24, 2.45) is 11.1 Å². The van der Waals surface area contributed by atoms with E-state index in [9.17, 15) is 5.21 Å². The lowest BCUT2D eigenvalue weighted by Crippen LogP contribution is -2.43. The summed E-state index contributed by atoms with van der Waals surface area (Å²) in [6.45, 7) is 0. The molecular weight excluding hydrogens is 332 g/mol. The molecule has 2 N–H and O–H groups in total. The number of nitrogens with one attached hydrogen (secondary N) is 1. The molecule has 1 aliphatic heterocycles. The van der Waals surface area contributed by atoms with Crippen LogP contribution < -0.4 is 5.32 Å². The summed E-state index contributed by atoms with van der Waals surface area (Å²) >= 11 is 0. The Morgan fingerprint density at radius 3 is 1.93 bits per heavy atom. The van der Waals surface area contributed by atoms with Gasteiger partial charge >= 0.3 is 0 Å². The van der Waals surface area contributed by atoms with Crippen LogP contribution in [0.1, 0.15) is 35.2 Å². The second kappa shape index (κ2) is 8.19. The fourth-order valence-electron chi connectivity index (χ4n) is 4.05. The minimum atomic E-state index is 0.0938. The Kier molecular flexibility index (Phi) is 5.31. The minimum absolute atomic E-state index is 0.0938. The highest BCUT2D eigenvalue weighted by Gasteiger charge is 2.36. The normalized spacial score (nSPS) is 24.0. The number of oxime groups is 1. The van der Waals surface area contributed by atoms with Crippen LogP contribution in [-0.2, 0) is 6.42 Å². The van der Waals surface area contributed by atoms with Crippen LogP contribution in [0, 0.1) is 5.92 Å². The molecule has 27 heavy (non-hydrogen) atoms. The minimum Gasteiger partial charge on any atom is -0.411 e. The van der Waals surface area contributed by atoms with Crippen LogP contribution in [0.2, 0.25) is 0 Å². The van der Waals surface area contributed by atoms with Gasteiger partial charge < -0.3 is 10.5 Å². The van der Waals surface area contributed by atoms with E-state index in [-0.39, 0.29) is 18.0 Å². The summed E-state index contributed by atoms with van der Waals surface area (Å²) in [4.78, 5) is 0. The van der Waals surface area contributed by atoms with Crippen LogP contribution in [0.5, 0.6) is 0 Å². The van der Waals surface area contributed by atoms with Crippen molar-refractivity contribution in [1.82, 2.24) is 5.32 Å². The van der Waals surface area contributed by atoms with Gasteiger partial charge in [0.2, 0.25) is 0 Å². The van der Waals surface area contributed by atoms with E-state index in [1.807, 2.05) is 18.2 Å². The Labute approximate surface area is 160 Å². The van der Waals surface area contributed by atoms with Crippen LogP contribution in [0.3, 0.4) is 0 Å². The first-order valence-electron chi connectivity index (χ1n) is 9.46. The first-order valence-corrected chi connectivity index (χ1v) is 9.46. The monoisotopic (exact) mass is 356 g/mol. The van der Waals surface area contributed by atoms with E-state index in [4.69, 9.17) is 0 Å². The summed E-state index contributed by atoms with van der Waals surface area (Å²) in [6.07, 6.45) is 1.55. The van der Waals surface area contributed by atoms with Crippen LogP contribution in [0.4, 0.5) is 0 Å². The van der Waals surface area contributed by atoms with Gasteiger partial charge in [0.05, 0.1) is 5.71 Å².